The normalized spacial score (nSPS) is 13.9. The van der Waals surface area contributed by atoms with Gasteiger partial charge in [0.25, 0.3) is 0 Å². The molecule has 1 aromatic heterocycles. The third kappa shape index (κ3) is 4.23. The minimum atomic E-state index is -4.51. The second-order valence-corrected chi connectivity index (χ2v) is 5.89. The predicted octanol–water partition coefficient (Wildman–Crippen LogP) is 3.83. The SMILES string of the molecule is CC[C@@H](O)CNCc1cc(C(F)(F)F)c2oc(C(C)C)nc2c1. The van der Waals surface area contributed by atoms with Crippen molar-refractivity contribution in [1.82, 2.24) is 10.3 Å². The van der Waals surface area contributed by atoms with E-state index in [4.69, 9.17) is 4.42 Å². The first-order valence-electron chi connectivity index (χ1n) is 7.61. The van der Waals surface area contributed by atoms with Crippen molar-refractivity contribution in [2.75, 3.05) is 6.54 Å². The summed E-state index contributed by atoms with van der Waals surface area (Å²) in [6.45, 7) is 6.01. The minimum absolute atomic E-state index is 0.0928. The number of aliphatic hydroxyl groups excluding tert-OH is 1. The van der Waals surface area contributed by atoms with E-state index in [-0.39, 0.29) is 29.5 Å². The Morgan fingerprint density at radius 3 is 2.57 bits per heavy atom. The zero-order chi connectivity index (χ0) is 17.2. The highest BCUT2D eigenvalue weighted by Crippen LogP contribution is 2.37. The Hall–Kier alpha value is -1.60. The van der Waals surface area contributed by atoms with Crippen LogP contribution in [0.25, 0.3) is 11.1 Å². The molecule has 0 bridgehead atoms. The molecule has 1 atom stereocenters. The molecule has 2 N–H and O–H groups in total. The van der Waals surface area contributed by atoms with Crippen molar-refractivity contribution in [3.05, 3.63) is 29.2 Å². The van der Waals surface area contributed by atoms with E-state index in [0.717, 1.165) is 6.07 Å². The first kappa shape index (κ1) is 17.7. The van der Waals surface area contributed by atoms with Gasteiger partial charge in [-0.2, -0.15) is 13.2 Å². The van der Waals surface area contributed by atoms with Gasteiger partial charge in [0.2, 0.25) is 0 Å². The number of oxazole rings is 1. The molecule has 0 spiro atoms. The molecule has 23 heavy (non-hydrogen) atoms. The summed E-state index contributed by atoms with van der Waals surface area (Å²) in [6, 6.07) is 2.66. The van der Waals surface area contributed by atoms with Crippen LogP contribution in [0.2, 0.25) is 0 Å². The molecule has 0 radical (unpaired) electrons. The molecule has 0 unspecified atom stereocenters. The first-order chi connectivity index (χ1) is 10.7. The molecule has 1 heterocycles. The summed E-state index contributed by atoms with van der Waals surface area (Å²) < 4.78 is 45.1. The maximum atomic E-state index is 13.3. The number of fused-ring (bicyclic) bond motifs is 1. The largest absolute Gasteiger partial charge is 0.440 e. The Labute approximate surface area is 132 Å². The van der Waals surface area contributed by atoms with Crippen LogP contribution in [0, 0.1) is 0 Å². The number of benzene rings is 1. The molecule has 1 aromatic carbocycles. The van der Waals surface area contributed by atoms with Crippen LogP contribution in [-0.4, -0.2) is 22.7 Å². The lowest BCUT2D eigenvalue weighted by molar-refractivity contribution is -0.136. The number of nitrogens with one attached hydrogen (secondary N) is 1. The third-order valence-corrected chi connectivity index (χ3v) is 3.55. The number of hydrogen-bond acceptors (Lipinski definition) is 4. The number of alkyl halides is 3. The van der Waals surface area contributed by atoms with Gasteiger partial charge in [0.1, 0.15) is 11.1 Å². The molecule has 0 amide bonds. The van der Waals surface area contributed by atoms with Gasteiger partial charge < -0.3 is 14.8 Å². The van der Waals surface area contributed by atoms with E-state index in [9.17, 15) is 18.3 Å². The van der Waals surface area contributed by atoms with E-state index in [1.54, 1.807) is 6.07 Å². The Bertz CT molecular complexity index is 665. The van der Waals surface area contributed by atoms with Gasteiger partial charge in [-0.25, -0.2) is 4.98 Å². The van der Waals surface area contributed by atoms with E-state index < -0.39 is 17.8 Å². The van der Waals surface area contributed by atoms with Gasteiger partial charge in [-0.15, -0.1) is 0 Å². The summed E-state index contributed by atoms with van der Waals surface area (Å²) in [6.07, 6.45) is -4.44. The van der Waals surface area contributed by atoms with Crippen molar-refractivity contribution in [3.63, 3.8) is 0 Å². The average molecular weight is 330 g/mol. The molecule has 0 saturated heterocycles. The second-order valence-electron chi connectivity index (χ2n) is 5.89. The van der Waals surface area contributed by atoms with E-state index in [2.05, 4.69) is 10.3 Å². The zero-order valence-electron chi connectivity index (χ0n) is 13.4. The maximum absolute atomic E-state index is 13.3. The number of halogens is 3. The van der Waals surface area contributed by atoms with Crippen LogP contribution in [0.3, 0.4) is 0 Å². The summed E-state index contributed by atoms with van der Waals surface area (Å²) in [4.78, 5) is 4.16. The summed E-state index contributed by atoms with van der Waals surface area (Å²) >= 11 is 0. The van der Waals surface area contributed by atoms with Gasteiger partial charge in [0, 0.05) is 19.0 Å². The fourth-order valence-electron chi connectivity index (χ4n) is 2.20. The standard InChI is InChI=1S/C16H21F3N2O2/c1-4-11(22)8-20-7-10-5-12(16(17,18)19)14-13(6-10)21-15(23-14)9(2)3/h5-6,9,11,20,22H,4,7-8H2,1-3H3/t11-/m1/s1. The Morgan fingerprint density at radius 1 is 1.30 bits per heavy atom. The third-order valence-electron chi connectivity index (χ3n) is 3.55. The lowest BCUT2D eigenvalue weighted by atomic mass is 10.1. The zero-order valence-corrected chi connectivity index (χ0v) is 13.4. The van der Waals surface area contributed by atoms with E-state index in [1.165, 1.54) is 0 Å². The van der Waals surface area contributed by atoms with Crippen LogP contribution < -0.4 is 5.32 Å². The lowest BCUT2D eigenvalue weighted by Crippen LogP contribution is -2.25. The highest BCUT2D eigenvalue weighted by Gasteiger charge is 2.35. The molecular formula is C16H21F3N2O2. The van der Waals surface area contributed by atoms with Crippen molar-refractivity contribution in [2.45, 2.75) is 51.9 Å². The smallest absolute Gasteiger partial charge is 0.420 e. The van der Waals surface area contributed by atoms with Gasteiger partial charge >= 0.3 is 6.18 Å². The molecule has 0 aliphatic rings. The van der Waals surface area contributed by atoms with Gasteiger partial charge in [-0.1, -0.05) is 20.8 Å². The fourth-order valence-corrected chi connectivity index (χ4v) is 2.20. The number of nitrogens with zero attached hydrogens (tertiary/aromatic N) is 1. The van der Waals surface area contributed by atoms with Crippen molar-refractivity contribution >= 4 is 11.1 Å². The second kappa shape index (κ2) is 6.88. The van der Waals surface area contributed by atoms with Gasteiger partial charge in [0.15, 0.2) is 11.5 Å². The highest BCUT2D eigenvalue weighted by molar-refractivity contribution is 5.78. The van der Waals surface area contributed by atoms with Gasteiger partial charge in [-0.05, 0) is 24.1 Å². The summed E-state index contributed by atoms with van der Waals surface area (Å²) in [5.74, 6) is 0.196. The Kier molecular flexibility index (Phi) is 5.31. The quantitative estimate of drug-likeness (QED) is 0.845. The molecule has 0 aliphatic heterocycles. The monoisotopic (exact) mass is 330 g/mol. The molecule has 0 saturated carbocycles. The highest BCUT2D eigenvalue weighted by atomic mass is 19.4. The van der Waals surface area contributed by atoms with Crippen LogP contribution in [0.5, 0.6) is 0 Å². The van der Waals surface area contributed by atoms with E-state index in [0.29, 0.717) is 18.5 Å². The van der Waals surface area contributed by atoms with Gasteiger partial charge in [0.05, 0.1) is 6.10 Å². The van der Waals surface area contributed by atoms with Gasteiger partial charge in [-0.3, -0.25) is 0 Å². The van der Waals surface area contributed by atoms with E-state index >= 15 is 0 Å². The van der Waals surface area contributed by atoms with E-state index in [1.807, 2.05) is 20.8 Å². The molecular weight excluding hydrogens is 309 g/mol. The van der Waals surface area contributed by atoms with Crippen LogP contribution in [0.15, 0.2) is 16.5 Å². The minimum Gasteiger partial charge on any atom is -0.440 e. The van der Waals surface area contributed by atoms with Crippen molar-refractivity contribution < 1.29 is 22.7 Å². The average Bonchev–Trinajstić information content (AvgIpc) is 2.89. The van der Waals surface area contributed by atoms with Crippen molar-refractivity contribution in [3.8, 4) is 0 Å². The van der Waals surface area contributed by atoms with Crippen LogP contribution >= 0.6 is 0 Å². The number of aromatic nitrogens is 1. The number of aliphatic hydroxyl groups is 1. The van der Waals surface area contributed by atoms with Crippen LogP contribution in [-0.2, 0) is 12.7 Å². The molecule has 0 aliphatic carbocycles. The van der Waals surface area contributed by atoms with Crippen molar-refractivity contribution in [1.29, 1.82) is 0 Å². The molecule has 0 fully saturated rings. The Balaban J connectivity index is 2.35. The first-order valence-corrected chi connectivity index (χ1v) is 7.61. The summed E-state index contributed by atoms with van der Waals surface area (Å²) in [5.41, 5.74) is -0.381. The maximum Gasteiger partial charge on any atom is 0.420 e. The van der Waals surface area contributed by atoms with Crippen LogP contribution in [0.4, 0.5) is 13.2 Å². The molecule has 7 heteroatoms. The molecule has 128 valence electrons. The lowest BCUT2D eigenvalue weighted by Gasteiger charge is -2.12. The predicted molar refractivity (Wildman–Crippen MR) is 81.1 cm³/mol. The summed E-state index contributed by atoms with van der Waals surface area (Å²) in [7, 11) is 0. The fraction of sp³-hybridized carbons (Fsp3) is 0.562. The molecule has 4 nitrogen and oxygen atoms in total. The topological polar surface area (TPSA) is 58.3 Å². The number of rotatable bonds is 6. The number of hydrogen-bond donors (Lipinski definition) is 2. The molecule has 2 rings (SSSR count). The van der Waals surface area contributed by atoms with Crippen molar-refractivity contribution in [2.24, 2.45) is 0 Å². The Morgan fingerprint density at radius 2 is 2.00 bits per heavy atom. The van der Waals surface area contributed by atoms with Crippen LogP contribution in [0.1, 0.15) is 50.1 Å². The molecule has 2 aromatic rings. The summed E-state index contributed by atoms with van der Waals surface area (Å²) in [5, 5.41) is 12.4.